The highest BCUT2D eigenvalue weighted by Gasteiger charge is 1.83. The molecule has 76 valence electrons. The first kappa shape index (κ1) is 14.3. The summed E-state index contributed by atoms with van der Waals surface area (Å²) in [6.07, 6.45) is -0.560. The molecule has 0 amide bonds. The van der Waals surface area contributed by atoms with E-state index >= 15 is 0 Å². The van der Waals surface area contributed by atoms with E-state index < -0.39 is 6.10 Å². The summed E-state index contributed by atoms with van der Waals surface area (Å²) in [7, 11) is 0. The number of rotatable bonds is 5. The van der Waals surface area contributed by atoms with Crippen LogP contribution in [0.2, 0.25) is 0 Å². The van der Waals surface area contributed by atoms with Crippen molar-refractivity contribution in [2.75, 3.05) is 19.8 Å². The molecular weight excluding hydrogens is 164 g/mol. The average Bonchev–Trinajstić information content (AvgIpc) is 2.07. The van der Waals surface area contributed by atoms with Crippen LogP contribution >= 0.6 is 0 Å². The van der Waals surface area contributed by atoms with Crippen LogP contribution in [0.15, 0.2) is 0 Å². The Bertz CT molecular complexity index is 62.8. The van der Waals surface area contributed by atoms with E-state index in [1.54, 1.807) is 0 Å². The molecule has 1 atom stereocenters. The van der Waals surface area contributed by atoms with Crippen LogP contribution in [0.25, 0.3) is 0 Å². The van der Waals surface area contributed by atoms with Gasteiger partial charge in [0, 0.05) is 0 Å². The standard InChI is InChI=1S/C4H10O3.C3H8O2/c1-3-5-7-6-4-2;1-3(5)2-4/h3-4H2,1-2H3;3-5H,2H2,1H3. The maximum atomic E-state index is 8.11. The zero-order chi connectivity index (χ0) is 9.82. The molecule has 0 aliphatic carbocycles. The Morgan fingerprint density at radius 1 is 1.17 bits per heavy atom. The van der Waals surface area contributed by atoms with Crippen molar-refractivity contribution < 1.29 is 25.0 Å². The normalized spacial score (nSPS) is 11.8. The number of hydrogen-bond donors (Lipinski definition) is 2. The van der Waals surface area contributed by atoms with Crippen molar-refractivity contribution in [2.24, 2.45) is 0 Å². The molecule has 0 aromatic heterocycles. The minimum absolute atomic E-state index is 0.139. The molecule has 0 aliphatic heterocycles. The highest BCUT2D eigenvalue weighted by atomic mass is 17.5. The summed E-state index contributed by atoms with van der Waals surface area (Å²) in [4.78, 5) is 8.70. The Hall–Kier alpha value is -0.200. The van der Waals surface area contributed by atoms with Crippen molar-refractivity contribution in [1.82, 2.24) is 0 Å². The zero-order valence-electron chi connectivity index (χ0n) is 7.82. The molecule has 2 N–H and O–H groups in total. The fraction of sp³-hybridized carbons (Fsp3) is 1.00. The van der Waals surface area contributed by atoms with E-state index in [2.05, 4.69) is 14.8 Å². The maximum Gasteiger partial charge on any atom is 0.0825 e. The SMILES string of the molecule is CC(O)CO.CCOOOCC. The molecule has 0 heterocycles. The molecule has 0 spiro atoms. The van der Waals surface area contributed by atoms with Gasteiger partial charge in [-0.2, -0.15) is 0 Å². The molecule has 0 rings (SSSR count). The lowest BCUT2D eigenvalue weighted by molar-refractivity contribution is -0.509. The number of aliphatic hydroxyl groups excluding tert-OH is 2. The second kappa shape index (κ2) is 13.4. The summed E-state index contributed by atoms with van der Waals surface area (Å²) < 4.78 is 0. The summed E-state index contributed by atoms with van der Waals surface area (Å²) in [5.74, 6) is 0. The largest absolute Gasteiger partial charge is 0.394 e. The van der Waals surface area contributed by atoms with Crippen LogP contribution in [0.4, 0.5) is 0 Å². The van der Waals surface area contributed by atoms with E-state index in [-0.39, 0.29) is 6.61 Å². The van der Waals surface area contributed by atoms with E-state index in [4.69, 9.17) is 10.2 Å². The van der Waals surface area contributed by atoms with Crippen molar-refractivity contribution >= 4 is 0 Å². The van der Waals surface area contributed by atoms with Gasteiger partial charge in [0.15, 0.2) is 0 Å². The molecule has 0 radical (unpaired) electrons. The van der Waals surface area contributed by atoms with Crippen LogP contribution in [0.3, 0.4) is 0 Å². The Morgan fingerprint density at radius 3 is 1.67 bits per heavy atom. The predicted molar refractivity (Wildman–Crippen MR) is 43.1 cm³/mol. The lowest BCUT2D eigenvalue weighted by Crippen LogP contribution is -2.03. The fourth-order valence-corrected chi connectivity index (χ4v) is 0.130. The molecule has 0 aliphatic rings. The van der Waals surface area contributed by atoms with E-state index in [1.165, 1.54) is 6.92 Å². The topological polar surface area (TPSA) is 68.2 Å². The van der Waals surface area contributed by atoms with Crippen LogP contribution < -0.4 is 0 Å². The van der Waals surface area contributed by atoms with Gasteiger partial charge in [0.1, 0.15) is 0 Å². The van der Waals surface area contributed by atoms with Gasteiger partial charge in [-0.15, -0.1) is 0 Å². The van der Waals surface area contributed by atoms with Crippen LogP contribution in [-0.2, 0) is 14.8 Å². The summed E-state index contributed by atoms with van der Waals surface area (Å²) in [5, 5.41) is 20.1. The van der Waals surface area contributed by atoms with Crippen molar-refractivity contribution in [3.63, 3.8) is 0 Å². The summed E-state index contributed by atoms with van der Waals surface area (Å²) in [5.41, 5.74) is 0. The van der Waals surface area contributed by atoms with Crippen LogP contribution in [0.1, 0.15) is 20.8 Å². The lowest BCUT2D eigenvalue weighted by Gasteiger charge is -1.94. The highest BCUT2D eigenvalue weighted by molar-refractivity contribution is 4.34. The lowest BCUT2D eigenvalue weighted by atomic mass is 10.5. The van der Waals surface area contributed by atoms with Crippen molar-refractivity contribution in [1.29, 1.82) is 0 Å². The molecule has 12 heavy (non-hydrogen) atoms. The van der Waals surface area contributed by atoms with Crippen molar-refractivity contribution in [3.8, 4) is 0 Å². The van der Waals surface area contributed by atoms with Crippen molar-refractivity contribution in [3.05, 3.63) is 0 Å². The predicted octanol–water partition coefficient (Wildman–Crippen LogP) is 0.265. The number of aliphatic hydroxyl groups is 2. The first-order valence-electron chi connectivity index (χ1n) is 3.88. The highest BCUT2D eigenvalue weighted by Crippen LogP contribution is 1.77. The molecule has 0 aromatic rings. The zero-order valence-corrected chi connectivity index (χ0v) is 7.82. The minimum Gasteiger partial charge on any atom is -0.394 e. The summed E-state index contributed by atoms with van der Waals surface area (Å²) >= 11 is 0. The van der Waals surface area contributed by atoms with Gasteiger partial charge in [0.2, 0.25) is 0 Å². The second-order valence-electron chi connectivity index (χ2n) is 1.91. The van der Waals surface area contributed by atoms with E-state index in [1.807, 2.05) is 13.8 Å². The molecular formula is C7H18O5. The van der Waals surface area contributed by atoms with Gasteiger partial charge in [0.05, 0.1) is 25.9 Å². The molecule has 0 saturated heterocycles. The van der Waals surface area contributed by atoms with Crippen LogP contribution in [0, 0.1) is 0 Å². The monoisotopic (exact) mass is 182 g/mol. The van der Waals surface area contributed by atoms with Crippen molar-refractivity contribution in [2.45, 2.75) is 26.9 Å². The molecule has 5 heteroatoms. The van der Waals surface area contributed by atoms with Gasteiger partial charge < -0.3 is 10.2 Å². The summed E-state index contributed by atoms with van der Waals surface area (Å²) in [6.45, 7) is 6.05. The van der Waals surface area contributed by atoms with E-state index in [0.717, 1.165) is 0 Å². The van der Waals surface area contributed by atoms with Crippen LogP contribution in [0.5, 0.6) is 0 Å². The molecule has 0 fully saturated rings. The molecule has 5 nitrogen and oxygen atoms in total. The Morgan fingerprint density at radius 2 is 1.50 bits per heavy atom. The first-order valence-corrected chi connectivity index (χ1v) is 3.88. The average molecular weight is 182 g/mol. The minimum atomic E-state index is -0.560. The second-order valence-corrected chi connectivity index (χ2v) is 1.91. The Kier molecular flexibility index (Phi) is 16.0. The van der Waals surface area contributed by atoms with Gasteiger partial charge in [-0.05, 0) is 20.8 Å². The summed E-state index contributed by atoms with van der Waals surface area (Å²) in [6, 6.07) is 0. The quantitative estimate of drug-likeness (QED) is 0.363. The molecule has 0 aromatic carbocycles. The van der Waals surface area contributed by atoms with Gasteiger partial charge in [-0.25, -0.2) is 9.78 Å². The first-order chi connectivity index (χ1) is 5.68. The maximum absolute atomic E-state index is 8.11. The third kappa shape index (κ3) is 22.6. The van der Waals surface area contributed by atoms with E-state index in [0.29, 0.717) is 13.2 Å². The van der Waals surface area contributed by atoms with Gasteiger partial charge >= 0.3 is 0 Å². The molecule has 0 saturated carbocycles. The smallest absolute Gasteiger partial charge is 0.0825 e. The number of hydrogen-bond acceptors (Lipinski definition) is 5. The van der Waals surface area contributed by atoms with Gasteiger partial charge in [-0.1, -0.05) is 5.04 Å². The molecule has 0 bridgehead atoms. The van der Waals surface area contributed by atoms with Crippen LogP contribution in [-0.4, -0.2) is 36.1 Å². The van der Waals surface area contributed by atoms with Gasteiger partial charge in [0.25, 0.3) is 0 Å². The third-order valence-electron chi connectivity index (χ3n) is 0.596. The fourth-order valence-electron chi connectivity index (χ4n) is 0.130. The van der Waals surface area contributed by atoms with E-state index in [9.17, 15) is 0 Å². The van der Waals surface area contributed by atoms with Gasteiger partial charge in [-0.3, -0.25) is 0 Å². The third-order valence-corrected chi connectivity index (χ3v) is 0.596. The Labute approximate surface area is 72.7 Å². The molecule has 1 unspecified atom stereocenters. The Balaban J connectivity index is 0.